The number of hydrogen-bond acceptors (Lipinski definition) is 6. The number of piperazine rings is 1. The highest BCUT2D eigenvalue weighted by atomic mass is 16.5. The fraction of sp³-hybridized carbons (Fsp3) is 0.462. The zero-order valence-electron chi connectivity index (χ0n) is 20.0. The second kappa shape index (κ2) is 10.4. The fourth-order valence-corrected chi connectivity index (χ4v) is 4.88. The third kappa shape index (κ3) is 4.61. The molecule has 1 saturated heterocycles. The maximum atomic E-state index is 11.3. The van der Waals surface area contributed by atoms with Crippen LogP contribution in [0.3, 0.4) is 0 Å². The van der Waals surface area contributed by atoms with Crippen molar-refractivity contribution < 1.29 is 14.6 Å². The first-order chi connectivity index (χ1) is 16.1. The van der Waals surface area contributed by atoms with Gasteiger partial charge in [0.15, 0.2) is 17.4 Å². The molecule has 1 aliphatic rings. The van der Waals surface area contributed by atoms with Gasteiger partial charge in [-0.15, -0.1) is 0 Å². The molecule has 3 N–H and O–H groups in total. The highest BCUT2D eigenvalue weighted by Gasteiger charge is 2.24. The summed E-state index contributed by atoms with van der Waals surface area (Å²) in [5.41, 5.74) is 8.10. The molecule has 0 radical (unpaired) electrons. The van der Waals surface area contributed by atoms with Gasteiger partial charge in [-0.1, -0.05) is 19.1 Å². The molecule has 2 heterocycles. The number of hydrogen-bond donors (Lipinski definition) is 2. The molecule has 2 aromatic carbocycles. The first kappa shape index (κ1) is 23.3. The number of fused-ring (bicyclic) bond motifs is 1. The van der Waals surface area contributed by atoms with E-state index < -0.39 is 0 Å². The number of aromatic hydroxyl groups is 1. The van der Waals surface area contributed by atoms with E-state index in [1.54, 1.807) is 14.2 Å². The monoisotopic (exact) mass is 452 g/mol. The van der Waals surface area contributed by atoms with Crippen LogP contribution in [0.4, 0.5) is 5.69 Å². The van der Waals surface area contributed by atoms with Crippen molar-refractivity contribution in [1.29, 1.82) is 0 Å². The molecular weight excluding hydrogens is 416 g/mol. The van der Waals surface area contributed by atoms with Gasteiger partial charge in [0.05, 0.1) is 20.3 Å². The lowest BCUT2D eigenvalue weighted by Crippen LogP contribution is -2.46. The summed E-state index contributed by atoms with van der Waals surface area (Å²) in [6.45, 7) is 8.00. The molecule has 4 rings (SSSR count). The van der Waals surface area contributed by atoms with E-state index in [2.05, 4.69) is 29.0 Å². The largest absolute Gasteiger partial charge is 0.494 e. The van der Waals surface area contributed by atoms with Gasteiger partial charge in [-0.3, -0.25) is 0 Å². The molecule has 0 bridgehead atoms. The van der Waals surface area contributed by atoms with E-state index in [0.29, 0.717) is 18.0 Å². The maximum absolute atomic E-state index is 11.3. The molecule has 1 aromatic heterocycles. The predicted octanol–water partition coefficient (Wildman–Crippen LogP) is 3.83. The van der Waals surface area contributed by atoms with E-state index in [4.69, 9.17) is 15.2 Å². The molecule has 7 heteroatoms. The third-order valence-corrected chi connectivity index (χ3v) is 6.81. The van der Waals surface area contributed by atoms with Crippen molar-refractivity contribution in [3.8, 4) is 17.4 Å². The van der Waals surface area contributed by atoms with Crippen LogP contribution in [-0.4, -0.2) is 68.1 Å². The van der Waals surface area contributed by atoms with Gasteiger partial charge in [0, 0.05) is 48.8 Å². The quantitative estimate of drug-likeness (QED) is 0.514. The molecular formula is C26H36N4O3. The average Bonchev–Trinajstić information content (AvgIpc) is 3.20. The second-order valence-electron chi connectivity index (χ2n) is 8.58. The molecule has 0 spiro atoms. The lowest BCUT2D eigenvalue weighted by atomic mass is 10.0. The Kier molecular flexibility index (Phi) is 7.30. The van der Waals surface area contributed by atoms with Crippen molar-refractivity contribution in [2.45, 2.75) is 25.8 Å². The van der Waals surface area contributed by atoms with Crippen LogP contribution in [0.5, 0.6) is 17.4 Å². The van der Waals surface area contributed by atoms with Gasteiger partial charge in [0.25, 0.3) is 0 Å². The summed E-state index contributed by atoms with van der Waals surface area (Å²) < 4.78 is 13.0. The molecule has 1 atom stereocenters. The maximum Gasteiger partial charge on any atom is 0.199 e. The van der Waals surface area contributed by atoms with Crippen LogP contribution in [0.25, 0.3) is 10.8 Å². The fourth-order valence-electron chi connectivity index (χ4n) is 4.88. The number of ether oxygens (including phenoxy) is 2. The van der Waals surface area contributed by atoms with Crippen molar-refractivity contribution in [3.63, 3.8) is 0 Å². The van der Waals surface area contributed by atoms with Crippen molar-refractivity contribution in [3.05, 3.63) is 48.2 Å². The van der Waals surface area contributed by atoms with Crippen molar-refractivity contribution >= 4 is 16.5 Å². The van der Waals surface area contributed by atoms with E-state index in [1.807, 2.05) is 34.9 Å². The minimum atomic E-state index is -0.0643. The standard InChI is InChI=1S/C26H36N4O3/c1-4-28-13-15-29(16-14-28)23-8-5-7-20-21(23)18-30(26(20)31)22(9-6-12-27)19-10-11-24(32-2)25(17-19)33-3/h5,7-8,10-11,17-18,22,31H,4,6,9,12-16,27H2,1-3H3/t22-/m1/s1. The normalized spacial score (nSPS) is 15.7. The summed E-state index contributed by atoms with van der Waals surface area (Å²) in [5.74, 6) is 1.66. The van der Waals surface area contributed by atoms with Crippen molar-refractivity contribution in [1.82, 2.24) is 9.47 Å². The van der Waals surface area contributed by atoms with Gasteiger partial charge in [-0.25, -0.2) is 0 Å². The molecule has 178 valence electrons. The van der Waals surface area contributed by atoms with E-state index >= 15 is 0 Å². The van der Waals surface area contributed by atoms with Crippen molar-refractivity contribution in [2.24, 2.45) is 5.73 Å². The summed E-state index contributed by atoms with van der Waals surface area (Å²) >= 11 is 0. The zero-order chi connectivity index (χ0) is 23.4. The molecule has 0 unspecified atom stereocenters. The van der Waals surface area contributed by atoms with Crippen LogP contribution in [0, 0.1) is 0 Å². The van der Waals surface area contributed by atoms with Gasteiger partial charge < -0.3 is 34.7 Å². The Bertz CT molecular complexity index is 1070. The van der Waals surface area contributed by atoms with Crippen LogP contribution in [0.15, 0.2) is 42.6 Å². The molecule has 0 saturated carbocycles. The number of methoxy groups -OCH3 is 2. The Morgan fingerprint density at radius 3 is 2.42 bits per heavy atom. The van der Waals surface area contributed by atoms with Gasteiger partial charge in [0.1, 0.15) is 0 Å². The Hall–Kier alpha value is -2.90. The van der Waals surface area contributed by atoms with Crippen LogP contribution in [-0.2, 0) is 0 Å². The second-order valence-corrected chi connectivity index (χ2v) is 8.58. The number of aromatic nitrogens is 1. The average molecular weight is 453 g/mol. The Balaban J connectivity index is 1.75. The number of anilines is 1. The number of nitrogens with zero attached hydrogens (tertiary/aromatic N) is 3. The smallest absolute Gasteiger partial charge is 0.199 e. The van der Waals surface area contributed by atoms with Crippen LogP contribution in [0.1, 0.15) is 31.4 Å². The predicted molar refractivity (Wildman–Crippen MR) is 134 cm³/mol. The highest BCUT2D eigenvalue weighted by Crippen LogP contribution is 2.40. The molecule has 33 heavy (non-hydrogen) atoms. The number of rotatable bonds is 9. The molecule has 1 aliphatic heterocycles. The Morgan fingerprint density at radius 2 is 1.76 bits per heavy atom. The summed E-state index contributed by atoms with van der Waals surface area (Å²) in [5, 5.41) is 13.3. The summed E-state index contributed by atoms with van der Waals surface area (Å²) in [7, 11) is 3.28. The first-order valence-electron chi connectivity index (χ1n) is 11.8. The summed E-state index contributed by atoms with van der Waals surface area (Å²) in [4.78, 5) is 4.91. The number of benzene rings is 2. The topological polar surface area (TPSA) is 76.1 Å². The minimum absolute atomic E-state index is 0.0643. The van der Waals surface area contributed by atoms with Crippen LogP contribution in [0.2, 0.25) is 0 Å². The van der Waals surface area contributed by atoms with Crippen LogP contribution < -0.4 is 20.1 Å². The SMILES string of the molecule is CCN1CCN(c2cccc3c(O)n([C@H](CCCN)c4ccc(OC)c(OC)c4)cc23)CC1. The third-order valence-electron chi connectivity index (χ3n) is 6.81. The molecule has 0 aliphatic carbocycles. The lowest BCUT2D eigenvalue weighted by molar-refractivity contribution is 0.271. The van der Waals surface area contributed by atoms with Gasteiger partial charge in [0.2, 0.25) is 0 Å². The van der Waals surface area contributed by atoms with Gasteiger partial charge >= 0.3 is 0 Å². The minimum Gasteiger partial charge on any atom is -0.494 e. The summed E-state index contributed by atoms with van der Waals surface area (Å²) in [6, 6.07) is 12.1. The Morgan fingerprint density at radius 1 is 1.00 bits per heavy atom. The summed E-state index contributed by atoms with van der Waals surface area (Å²) in [6.07, 6.45) is 3.76. The van der Waals surface area contributed by atoms with Gasteiger partial charge in [-0.05, 0) is 55.8 Å². The number of likely N-dealkylation sites (N-methyl/N-ethyl adjacent to an activating group) is 1. The highest BCUT2D eigenvalue weighted by molar-refractivity contribution is 5.98. The van der Waals surface area contributed by atoms with E-state index in [1.165, 1.54) is 5.69 Å². The zero-order valence-corrected chi connectivity index (χ0v) is 20.0. The molecule has 3 aromatic rings. The van der Waals surface area contributed by atoms with Crippen LogP contribution >= 0.6 is 0 Å². The molecule has 1 fully saturated rings. The van der Waals surface area contributed by atoms with E-state index in [0.717, 1.165) is 61.9 Å². The van der Waals surface area contributed by atoms with Gasteiger partial charge in [-0.2, -0.15) is 0 Å². The lowest BCUT2D eigenvalue weighted by Gasteiger charge is -2.35. The molecule has 0 amide bonds. The first-order valence-corrected chi connectivity index (χ1v) is 11.8. The number of nitrogens with two attached hydrogens (primary N) is 1. The van der Waals surface area contributed by atoms with Crippen molar-refractivity contribution in [2.75, 3.05) is 58.4 Å². The Labute approximate surface area is 196 Å². The molecule has 7 nitrogen and oxygen atoms in total. The van der Waals surface area contributed by atoms with E-state index in [9.17, 15) is 5.11 Å². The van der Waals surface area contributed by atoms with E-state index in [-0.39, 0.29) is 11.9 Å².